The molecule has 6 heteroatoms. The molecule has 0 aromatic carbocycles. The van der Waals surface area contributed by atoms with Gasteiger partial charge in [-0.15, -0.1) is 0 Å². The van der Waals surface area contributed by atoms with Crippen molar-refractivity contribution in [2.24, 2.45) is 0 Å². The van der Waals surface area contributed by atoms with E-state index in [0.29, 0.717) is 19.4 Å². The standard InChI is InChI=1S/C62H119NO5/c1-3-5-7-9-11-13-14-15-16-26-30-33-36-40-44-48-52-56-62(67)68-57-53-49-45-41-37-34-31-28-25-23-21-19-17-18-20-22-24-27-29-32-35-39-43-47-51-55-61(66)63-59(58-64)60(65)54-50-46-42-38-12-10-8-6-4-2/h15-16,50,54,59-60,64-65H,3-14,17-49,51-53,55-58H2,1-2H3,(H,63,66)/b16-15-,54-50+. The van der Waals surface area contributed by atoms with Crippen LogP contribution in [0.15, 0.2) is 24.3 Å². The van der Waals surface area contributed by atoms with Gasteiger partial charge in [0.1, 0.15) is 0 Å². The molecular formula is C62H119NO5. The van der Waals surface area contributed by atoms with Crippen LogP contribution in [-0.2, 0) is 14.3 Å². The number of hydrogen-bond donors (Lipinski definition) is 3. The molecule has 0 radical (unpaired) electrons. The molecule has 0 bridgehead atoms. The molecule has 1 amide bonds. The summed E-state index contributed by atoms with van der Waals surface area (Å²) in [5.74, 6) is -0.0555. The minimum absolute atomic E-state index is 0.0127. The summed E-state index contributed by atoms with van der Waals surface area (Å²) in [5, 5.41) is 22.9. The van der Waals surface area contributed by atoms with Crippen LogP contribution < -0.4 is 5.32 Å². The number of unbranched alkanes of at least 4 members (excludes halogenated alkanes) is 44. The first kappa shape index (κ1) is 66.3. The first-order valence-electron chi connectivity index (χ1n) is 30.6. The van der Waals surface area contributed by atoms with Crippen LogP contribution in [0.5, 0.6) is 0 Å². The van der Waals surface area contributed by atoms with Crippen LogP contribution in [0.2, 0.25) is 0 Å². The fourth-order valence-electron chi connectivity index (χ4n) is 9.51. The minimum Gasteiger partial charge on any atom is -0.466 e. The molecule has 0 aromatic heterocycles. The quantitative estimate of drug-likeness (QED) is 0.0321. The van der Waals surface area contributed by atoms with E-state index < -0.39 is 12.1 Å². The number of carbonyl (C=O) groups excluding carboxylic acids is 2. The fourth-order valence-corrected chi connectivity index (χ4v) is 9.51. The van der Waals surface area contributed by atoms with Gasteiger partial charge in [-0.3, -0.25) is 9.59 Å². The smallest absolute Gasteiger partial charge is 0.305 e. The molecule has 6 nitrogen and oxygen atoms in total. The van der Waals surface area contributed by atoms with Gasteiger partial charge >= 0.3 is 5.97 Å². The van der Waals surface area contributed by atoms with Gasteiger partial charge in [-0.05, 0) is 57.8 Å². The van der Waals surface area contributed by atoms with Gasteiger partial charge < -0.3 is 20.3 Å². The van der Waals surface area contributed by atoms with Gasteiger partial charge in [0.15, 0.2) is 0 Å². The minimum atomic E-state index is -0.840. The van der Waals surface area contributed by atoms with Gasteiger partial charge in [0.2, 0.25) is 5.91 Å². The van der Waals surface area contributed by atoms with Crippen molar-refractivity contribution in [1.29, 1.82) is 0 Å². The maximum absolute atomic E-state index is 12.4. The number of hydrogen-bond acceptors (Lipinski definition) is 5. The van der Waals surface area contributed by atoms with Crippen LogP contribution in [0.4, 0.5) is 0 Å². The molecule has 0 fully saturated rings. The number of allylic oxidation sites excluding steroid dienone is 3. The molecular weight excluding hydrogens is 839 g/mol. The number of carbonyl (C=O) groups is 2. The lowest BCUT2D eigenvalue weighted by Crippen LogP contribution is -2.45. The van der Waals surface area contributed by atoms with E-state index in [1.54, 1.807) is 6.08 Å². The zero-order valence-corrected chi connectivity index (χ0v) is 45.9. The highest BCUT2D eigenvalue weighted by Gasteiger charge is 2.18. The van der Waals surface area contributed by atoms with Crippen LogP contribution in [-0.4, -0.2) is 47.4 Å². The van der Waals surface area contributed by atoms with E-state index in [4.69, 9.17) is 4.74 Å². The summed E-state index contributed by atoms with van der Waals surface area (Å²) in [6.07, 6.45) is 70.9. The zero-order valence-electron chi connectivity index (χ0n) is 45.9. The van der Waals surface area contributed by atoms with Crippen LogP contribution >= 0.6 is 0 Å². The first-order chi connectivity index (χ1) is 33.5. The number of nitrogens with one attached hydrogen (secondary N) is 1. The molecule has 0 aromatic rings. The second-order valence-corrected chi connectivity index (χ2v) is 21.0. The molecule has 2 atom stereocenters. The molecule has 0 rings (SSSR count). The van der Waals surface area contributed by atoms with E-state index in [9.17, 15) is 19.8 Å². The van der Waals surface area contributed by atoms with E-state index in [-0.39, 0.29) is 18.5 Å². The Labute approximate surface area is 424 Å². The van der Waals surface area contributed by atoms with Crippen LogP contribution in [0.1, 0.15) is 335 Å². The van der Waals surface area contributed by atoms with E-state index >= 15 is 0 Å². The molecule has 68 heavy (non-hydrogen) atoms. The summed E-state index contributed by atoms with van der Waals surface area (Å²) in [6.45, 7) is 4.89. The highest BCUT2D eigenvalue weighted by atomic mass is 16.5. The summed E-state index contributed by atoms with van der Waals surface area (Å²) < 4.78 is 5.49. The number of aliphatic hydroxyl groups excluding tert-OH is 2. The van der Waals surface area contributed by atoms with Crippen molar-refractivity contribution in [1.82, 2.24) is 5.32 Å². The molecule has 0 spiro atoms. The Balaban J connectivity index is 3.33. The maximum Gasteiger partial charge on any atom is 0.305 e. The van der Waals surface area contributed by atoms with Gasteiger partial charge in [0, 0.05) is 12.8 Å². The third-order valence-electron chi connectivity index (χ3n) is 14.2. The van der Waals surface area contributed by atoms with Crippen molar-refractivity contribution in [3.05, 3.63) is 24.3 Å². The summed E-state index contributed by atoms with van der Waals surface area (Å²) in [4.78, 5) is 24.5. The average Bonchev–Trinajstić information content (AvgIpc) is 3.34. The lowest BCUT2D eigenvalue weighted by atomic mass is 10.0. The van der Waals surface area contributed by atoms with Crippen molar-refractivity contribution in [2.45, 2.75) is 347 Å². The van der Waals surface area contributed by atoms with E-state index in [2.05, 4.69) is 31.3 Å². The molecule has 0 aliphatic heterocycles. The topological polar surface area (TPSA) is 95.9 Å². The highest BCUT2D eigenvalue weighted by Crippen LogP contribution is 2.17. The Kier molecular flexibility index (Phi) is 56.5. The zero-order chi connectivity index (χ0) is 49.3. The number of rotatable bonds is 57. The number of esters is 1. The Morgan fingerprint density at radius 2 is 0.691 bits per heavy atom. The molecule has 0 aliphatic carbocycles. The van der Waals surface area contributed by atoms with Crippen molar-refractivity contribution < 1.29 is 24.5 Å². The summed E-state index contributed by atoms with van der Waals surface area (Å²) in [7, 11) is 0. The van der Waals surface area contributed by atoms with E-state index in [0.717, 1.165) is 44.9 Å². The van der Waals surface area contributed by atoms with Gasteiger partial charge in [-0.25, -0.2) is 0 Å². The molecule has 0 saturated heterocycles. The third kappa shape index (κ3) is 53.7. The third-order valence-corrected chi connectivity index (χ3v) is 14.2. The molecule has 0 saturated carbocycles. The Morgan fingerprint density at radius 1 is 0.397 bits per heavy atom. The summed E-state index contributed by atoms with van der Waals surface area (Å²) >= 11 is 0. The predicted octanol–water partition coefficient (Wildman–Crippen LogP) is 19.0. The average molecular weight is 959 g/mol. The summed E-state index contributed by atoms with van der Waals surface area (Å²) in [5.41, 5.74) is 0. The Morgan fingerprint density at radius 3 is 1.04 bits per heavy atom. The van der Waals surface area contributed by atoms with Crippen molar-refractivity contribution in [3.8, 4) is 0 Å². The van der Waals surface area contributed by atoms with Gasteiger partial charge in [0.25, 0.3) is 0 Å². The Bertz CT molecular complexity index is 1060. The lowest BCUT2D eigenvalue weighted by molar-refractivity contribution is -0.143. The largest absolute Gasteiger partial charge is 0.466 e. The van der Waals surface area contributed by atoms with E-state index in [1.165, 1.54) is 263 Å². The molecule has 2 unspecified atom stereocenters. The van der Waals surface area contributed by atoms with Crippen LogP contribution in [0.25, 0.3) is 0 Å². The van der Waals surface area contributed by atoms with Gasteiger partial charge in [-0.2, -0.15) is 0 Å². The monoisotopic (exact) mass is 958 g/mol. The number of amides is 1. The molecule has 0 heterocycles. The fraction of sp³-hybridized carbons (Fsp3) is 0.903. The highest BCUT2D eigenvalue weighted by molar-refractivity contribution is 5.76. The lowest BCUT2D eigenvalue weighted by Gasteiger charge is -2.20. The van der Waals surface area contributed by atoms with Crippen molar-refractivity contribution in [3.63, 3.8) is 0 Å². The molecule has 0 aliphatic rings. The molecule has 3 N–H and O–H groups in total. The second kappa shape index (κ2) is 57.9. The predicted molar refractivity (Wildman–Crippen MR) is 296 cm³/mol. The van der Waals surface area contributed by atoms with Crippen molar-refractivity contribution >= 4 is 11.9 Å². The van der Waals surface area contributed by atoms with Gasteiger partial charge in [-0.1, -0.05) is 289 Å². The first-order valence-corrected chi connectivity index (χ1v) is 30.6. The van der Waals surface area contributed by atoms with Crippen LogP contribution in [0.3, 0.4) is 0 Å². The maximum atomic E-state index is 12.4. The SMILES string of the molecule is CCCCCCCC/C=C\CCCCCCCCCC(=O)OCCCCCCCCCCCCCCCCCCCCCCCCCCCC(=O)NC(CO)C(O)/C=C/CCCCCCCCC. The number of aliphatic hydroxyl groups is 2. The second-order valence-electron chi connectivity index (χ2n) is 21.0. The van der Waals surface area contributed by atoms with Gasteiger partial charge in [0.05, 0.1) is 25.4 Å². The van der Waals surface area contributed by atoms with Crippen LogP contribution in [0, 0.1) is 0 Å². The normalized spacial score (nSPS) is 12.7. The summed E-state index contributed by atoms with van der Waals surface area (Å²) in [6, 6.07) is -0.624. The Hall–Kier alpha value is -1.66. The van der Waals surface area contributed by atoms with Crippen molar-refractivity contribution in [2.75, 3.05) is 13.2 Å². The number of ether oxygens (including phenoxy) is 1. The molecule has 402 valence electrons. The van der Waals surface area contributed by atoms with E-state index in [1.807, 2.05) is 6.08 Å².